The first-order valence-corrected chi connectivity index (χ1v) is 8.74. The topological polar surface area (TPSA) is 63.2 Å². The first kappa shape index (κ1) is 19.5. The van der Waals surface area contributed by atoms with Crippen LogP contribution in [-0.2, 0) is 16.2 Å². The quantitative estimate of drug-likeness (QED) is 0.846. The van der Waals surface area contributed by atoms with Crippen molar-refractivity contribution in [2.24, 2.45) is 5.16 Å². The Balaban J connectivity index is 1.55. The fraction of sp³-hybridized carbons (Fsp3) is 0.556. The molecule has 1 aromatic carbocycles. The molecule has 2 aliphatic heterocycles. The number of likely N-dealkylation sites (tertiary alicyclic amines) is 1. The van der Waals surface area contributed by atoms with E-state index in [1.165, 1.54) is 0 Å². The van der Waals surface area contributed by atoms with Crippen molar-refractivity contribution in [3.05, 3.63) is 29.8 Å². The maximum atomic E-state index is 12.3. The fourth-order valence-electron chi connectivity index (χ4n) is 3.46. The van der Waals surface area contributed by atoms with Gasteiger partial charge in [0.25, 0.3) is 5.91 Å². The van der Waals surface area contributed by atoms with Crippen molar-refractivity contribution in [1.82, 2.24) is 10.2 Å². The van der Waals surface area contributed by atoms with E-state index in [1.54, 1.807) is 7.11 Å². The number of nitrogens with one attached hydrogen (secondary N) is 1. The molecule has 2 aliphatic rings. The molecule has 0 aromatic heterocycles. The van der Waals surface area contributed by atoms with E-state index in [2.05, 4.69) is 10.1 Å². The van der Waals surface area contributed by atoms with Gasteiger partial charge in [-0.15, -0.1) is 0 Å². The summed E-state index contributed by atoms with van der Waals surface area (Å²) < 4.78 is 41.9. The number of rotatable bonds is 5. The SMILES string of the molecule is COc1ccc(CN2CCCC3(CC(C(=O)NCC(F)(F)F)=NO3)C2)cc1. The zero-order valence-corrected chi connectivity index (χ0v) is 15.0. The number of ether oxygens (including phenoxy) is 1. The van der Waals surface area contributed by atoms with Gasteiger partial charge in [-0.1, -0.05) is 17.3 Å². The summed E-state index contributed by atoms with van der Waals surface area (Å²) in [6.07, 6.45) is -2.65. The average molecular weight is 385 g/mol. The number of piperidine rings is 1. The number of oxime groups is 1. The van der Waals surface area contributed by atoms with Crippen LogP contribution in [0.2, 0.25) is 0 Å². The molecule has 0 saturated carbocycles. The van der Waals surface area contributed by atoms with Crippen LogP contribution in [0.15, 0.2) is 29.4 Å². The summed E-state index contributed by atoms with van der Waals surface area (Å²) in [7, 11) is 1.61. The third kappa shape index (κ3) is 5.12. The highest BCUT2D eigenvalue weighted by Gasteiger charge is 2.44. The van der Waals surface area contributed by atoms with Gasteiger partial charge in [0.1, 0.15) is 18.0 Å². The second-order valence-electron chi connectivity index (χ2n) is 6.95. The molecule has 1 fully saturated rings. The van der Waals surface area contributed by atoms with Crippen molar-refractivity contribution < 1.29 is 27.5 Å². The van der Waals surface area contributed by atoms with Gasteiger partial charge in [-0.2, -0.15) is 13.2 Å². The Morgan fingerprint density at radius 1 is 1.37 bits per heavy atom. The molecule has 0 bridgehead atoms. The molecule has 1 spiro atoms. The molecule has 6 nitrogen and oxygen atoms in total. The highest BCUT2D eigenvalue weighted by atomic mass is 19.4. The lowest BCUT2D eigenvalue weighted by Crippen LogP contribution is -2.48. The number of halogens is 3. The number of carbonyl (C=O) groups excluding carboxylic acids is 1. The summed E-state index contributed by atoms with van der Waals surface area (Å²) in [6.45, 7) is 0.789. The Labute approximate surface area is 155 Å². The van der Waals surface area contributed by atoms with Gasteiger partial charge in [-0.25, -0.2) is 0 Å². The first-order chi connectivity index (χ1) is 12.8. The molecule has 1 unspecified atom stereocenters. The van der Waals surface area contributed by atoms with Crippen LogP contribution in [0.25, 0.3) is 0 Å². The van der Waals surface area contributed by atoms with Gasteiger partial charge in [0, 0.05) is 19.5 Å². The highest BCUT2D eigenvalue weighted by Crippen LogP contribution is 2.34. The minimum atomic E-state index is -4.45. The van der Waals surface area contributed by atoms with E-state index < -0.39 is 24.2 Å². The molecule has 9 heteroatoms. The number of amides is 1. The van der Waals surface area contributed by atoms with Crippen molar-refractivity contribution in [2.45, 2.75) is 37.6 Å². The molecular weight excluding hydrogens is 363 g/mol. The maximum absolute atomic E-state index is 12.3. The van der Waals surface area contributed by atoms with Crippen LogP contribution >= 0.6 is 0 Å². The second-order valence-corrected chi connectivity index (χ2v) is 6.95. The minimum absolute atomic E-state index is 0.0190. The number of nitrogens with zero attached hydrogens (tertiary/aromatic N) is 2. The lowest BCUT2D eigenvalue weighted by molar-refractivity contribution is -0.134. The lowest BCUT2D eigenvalue weighted by Gasteiger charge is -2.38. The van der Waals surface area contributed by atoms with Crippen LogP contribution < -0.4 is 10.1 Å². The molecular formula is C18H22F3N3O3. The van der Waals surface area contributed by atoms with E-state index in [0.29, 0.717) is 19.5 Å². The molecule has 3 rings (SSSR count). The van der Waals surface area contributed by atoms with E-state index in [0.717, 1.165) is 24.3 Å². The van der Waals surface area contributed by atoms with Crippen molar-refractivity contribution in [1.29, 1.82) is 0 Å². The predicted molar refractivity (Wildman–Crippen MR) is 92.4 cm³/mol. The molecule has 27 heavy (non-hydrogen) atoms. The standard InChI is InChI=1S/C18H22F3N3O3/c1-26-14-5-3-13(4-6-14)10-24-8-2-7-17(12-24)9-15(23-27-17)16(25)22-11-18(19,20)21/h3-6H,2,7-12H2,1H3,(H,22,25). The van der Waals surface area contributed by atoms with Crippen LogP contribution in [0.4, 0.5) is 13.2 Å². The van der Waals surface area contributed by atoms with Crippen LogP contribution in [0.5, 0.6) is 5.75 Å². The summed E-state index contributed by atoms with van der Waals surface area (Å²) in [4.78, 5) is 19.6. The summed E-state index contributed by atoms with van der Waals surface area (Å²) >= 11 is 0. The van der Waals surface area contributed by atoms with E-state index >= 15 is 0 Å². The molecule has 1 saturated heterocycles. The zero-order chi connectivity index (χ0) is 19.5. The van der Waals surface area contributed by atoms with Gasteiger partial charge in [0.15, 0.2) is 5.60 Å². The monoisotopic (exact) mass is 385 g/mol. The highest BCUT2D eigenvalue weighted by molar-refractivity contribution is 6.39. The fourth-order valence-corrected chi connectivity index (χ4v) is 3.46. The number of benzene rings is 1. The summed E-state index contributed by atoms with van der Waals surface area (Å²) in [5.41, 5.74) is 0.496. The van der Waals surface area contributed by atoms with Crippen molar-refractivity contribution in [3.63, 3.8) is 0 Å². The van der Waals surface area contributed by atoms with E-state index in [9.17, 15) is 18.0 Å². The second kappa shape index (κ2) is 7.75. The number of hydrogen-bond donors (Lipinski definition) is 1. The largest absolute Gasteiger partial charge is 0.497 e. The molecule has 1 aromatic rings. The molecule has 148 valence electrons. The molecule has 1 amide bonds. The van der Waals surface area contributed by atoms with Gasteiger partial charge < -0.3 is 14.9 Å². The number of methoxy groups -OCH3 is 1. The zero-order valence-electron chi connectivity index (χ0n) is 15.0. The number of hydrogen-bond acceptors (Lipinski definition) is 5. The Hall–Kier alpha value is -2.29. The number of carbonyl (C=O) groups is 1. The molecule has 0 radical (unpaired) electrons. The van der Waals surface area contributed by atoms with E-state index in [4.69, 9.17) is 9.57 Å². The van der Waals surface area contributed by atoms with Crippen LogP contribution in [0.3, 0.4) is 0 Å². The van der Waals surface area contributed by atoms with Gasteiger partial charge >= 0.3 is 6.18 Å². The molecule has 2 heterocycles. The van der Waals surface area contributed by atoms with Crippen molar-refractivity contribution >= 4 is 11.6 Å². The van der Waals surface area contributed by atoms with Crippen molar-refractivity contribution in [2.75, 3.05) is 26.7 Å². The van der Waals surface area contributed by atoms with Crippen LogP contribution in [0, 0.1) is 0 Å². The van der Waals surface area contributed by atoms with Crippen molar-refractivity contribution in [3.8, 4) is 5.75 Å². The Morgan fingerprint density at radius 2 is 2.11 bits per heavy atom. The lowest BCUT2D eigenvalue weighted by atomic mass is 9.88. The smallest absolute Gasteiger partial charge is 0.405 e. The normalized spacial score (nSPS) is 23.0. The predicted octanol–water partition coefficient (Wildman–Crippen LogP) is 2.48. The molecule has 0 aliphatic carbocycles. The molecule has 1 N–H and O–H groups in total. The summed E-state index contributed by atoms with van der Waals surface area (Å²) in [5.74, 6) is -0.0348. The van der Waals surface area contributed by atoms with E-state index in [-0.39, 0.29) is 12.1 Å². The number of alkyl halides is 3. The third-order valence-electron chi connectivity index (χ3n) is 4.73. The first-order valence-electron chi connectivity index (χ1n) is 8.74. The Morgan fingerprint density at radius 3 is 2.78 bits per heavy atom. The summed E-state index contributed by atoms with van der Waals surface area (Å²) in [5, 5.41) is 5.62. The third-order valence-corrected chi connectivity index (χ3v) is 4.73. The Kier molecular flexibility index (Phi) is 5.59. The van der Waals surface area contributed by atoms with Gasteiger partial charge in [-0.3, -0.25) is 9.69 Å². The van der Waals surface area contributed by atoms with E-state index in [1.807, 2.05) is 29.6 Å². The molecule has 1 atom stereocenters. The minimum Gasteiger partial charge on any atom is -0.497 e. The average Bonchev–Trinajstić information content (AvgIpc) is 3.03. The van der Waals surface area contributed by atoms with Crippen LogP contribution in [-0.4, -0.2) is 55.0 Å². The van der Waals surface area contributed by atoms with Crippen LogP contribution in [0.1, 0.15) is 24.8 Å². The van der Waals surface area contributed by atoms with Gasteiger partial charge in [-0.05, 0) is 37.1 Å². The Bertz CT molecular complexity index is 706. The summed E-state index contributed by atoms with van der Waals surface area (Å²) in [6, 6.07) is 7.77. The van der Waals surface area contributed by atoms with Gasteiger partial charge in [0.05, 0.1) is 7.11 Å². The van der Waals surface area contributed by atoms with Gasteiger partial charge in [0.2, 0.25) is 0 Å². The maximum Gasteiger partial charge on any atom is 0.405 e.